The van der Waals surface area contributed by atoms with E-state index in [0.717, 1.165) is 5.56 Å². The van der Waals surface area contributed by atoms with Crippen LogP contribution in [0.4, 0.5) is 5.00 Å². The van der Waals surface area contributed by atoms with Gasteiger partial charge in [0.1, 0.15) is 15.2 Å². The summed E-state index contributed by atoms with van der Waals surface area (Å²) in [5, 5.41) is 3.32. The van der Waals surface area contributed by atoms with Crippen molar-refractivity contribution in [1.29, 1.82) is 0 Å². The molecule has 0 saturated heterocycles. The average molecular weight is 369 g/mol. The van der Waals surface area contributed by atoms with Gasteiger partial charge in [-0.3, -0.25) is 4.79 Å². The molecule has 7 heteroatoms. The maximum atomic E-state index is 12.1. The van der Waals surface area contributed by atoms with Crippen LogP contribution in [0.1, 0.15) is 32.6 Å². The number of esters is 1. The normalized spacial score (nSPS) is 10.2. The summed E-state index contributed by atoms with van der Waals surface area (Å²) in [6, 6.07) is 6.83. The van der Waals surface area contributed by atoms with Gasteiger partial charge in [0.2, 0.25) is 0 Å². The van der Waals surface area contributed by atoms with Crippen LogP contribution in [-0.4, -0.2) is 23.5 Å². The van der Waals surface area contributed by atoms with Crippen LogP contribution in [0, 0.1) is 6.92 Å². The van der Waals surface area contributed by atoms with Crippen molar-refractivity contribution in [3.63, 3.8) is 0 Å². The molecule has 2 rings (SSSR count). The number of carbonyl (C=O) groups is 2. The Bertz CT molecular complexity index is 685. The topological polar surface area (TPSA) is 68.3 Å². The molecule has 0 atom stereocenters. The number of anilines is 1. The van der Waals surface area contributed by atoms with E-state index in [9.17, 15) is 9.59 Å². The van der Waals surface area contributed by atoms with E-state index in [-0.39, 0.29) is 11.9 Å². The minimum absolute atomic E-state index is 0.299. The number of carbonyl (C=O) groups excluding carboxylic acids is 2. The predicted molar refractivity (Wildman–Crippen MR) is 84.9 cm³/mol. The summed E-state index contributed by atoms with van der Waals surface area (Å²) in [7, 11) is 0. The molecule has 2 heterocycles. The van der Waals surface area contributed by atoms with Gasteiger partial charge in [0.05, 0.1) is 11.6 Å². The van der Waals surface area contributed by atoms with E-state index in [2.05, 4.69) is 26.2 Å². The highest BCUT2D eigenvalue weighted by Gasteiger charge is 2.16. The van der Waals surface area contributed by atoms with Crippen LogP contribution in [0.3, 0.4) is 0 Å². The van der Waals surface area contributed by atoms with Gasteiger partial charge in [0.15, 0.2) is 0 Å². The molecule has 110 valence electrons. The highest BCUT2D eigenvalue weighted by Crippen LogP contribution is 2.27. The zero-order valence-electron chi connectivity index (χ0n) is 11.5. The predicted octanol–water partition coefficient (Wildman–Crippen LogP) is 3.64. The number of halogens is 1. The first-order chi connectivity index (χ1) is 10.0. The quantitative estimate of drug-likeness (QED) is 0.660. The first-order valence-corrected chi connectivity index (χ1v) is 7.83. The number of nitrogens with one attached hydrogen (secondary N) is 1. The van der Waals surface area contributed by atoms with Crippen molar-refractivity contribution in [2.24, 2.45) is 0 Å². The monoisotopic (exact) mass is 368 g/mol. The Morgan fingerprint density at radius 3 is 2.86 bits per heavy atom. The van der Waals surface area contributed by atoms with Crippen molar-refractivity contribution >= 4 is 44.1 Å². The Hall–Kier alpha value is -1.73. The summed E-state index contributed by atoms with van der Waals surface area (Å²) >= 11 is 4.41. The molecule has 0 radical (unpaired) electrons. The fourth-order valence-electron chi connectivity index (χ4n) is 1.65. The molecular weight excluding hydrogens is 356 g/mol. The van der Waals surface area contributed by atoms with Gasteiger partial charge in [0, 0.05) is 0 Å². The third-order valence-corrected chi connectivity index (χ3v) is 4.14. The third-order valence-electron chi connectivity index (χ3n) is 2.56. The van der Waals surface area contributed by atoms with Gasteiger partial charge in [-0.05, 0) is 53.5 Å². The highest BCUT2D eigenvalue weighted by atomic mass is 79.9. The van der Waals surface area contributed by atoms with E-state index in [1.165, 1.54) is 11.3 Å². The Balaban J connectivity index is 2.15. The summed E-state index contributed by atoms with van der Waals surface area (Å²) in [5.41, 5.74) is 1.07. The summed E-state index contributed by atoms with van der Waals surface area (Å²) in [6.45, 7) is 3.87. The molecule has 2 aromatic heterocycles. The lowest BCUT2D eigenvalue weighted by molar-refractivity contribution is 0.0531. The number of rotatable bonds is 4. The molecule has 5 nitrogen and oxygen atoms in total. The Morgan fingerprint density at radius 2 is 2.19 bits per heavy atom. The summed E-state index contributed by atoms with van der Waals surface area (Å²) in [5.74, 6) is -0.700. The van der Waals surface area contributed by atoms with E-state index < -0.39 is 0 Å². The zero-order chi connectivity index (χ0) is 15.4. The van der Waals surface area contributed by atoms with Crippen LogP contribution in [0.2, 0.25) is 0 Å². The van der Waals surface area contributed by atoms with Gasteiger partial charge in [-0.1, -0.05) is 6.07 Å². The lowest BCUT2D eigenvalue weighted by Crippen LogP contribution is -2.12. The van der Waals surface area contributed by atoms with Gasteiger partial charge >= 0.3 is 5.97 Å². The van der Waals surface area contributed by atoms with Crippen LogP contribution in [0.25, 0.3) is 0 Å². The van der Waals surface area contributed by atoms with E-state index in [1.807, 2.05) is 0 Å². The van der Waals surface area contributed by atoms with Gasteiger partial charge in [-0.25, -0.2) is 9.78 Å². The van der Waals surface area contributed by atoms with E-state index in [4.69, 9.17) is 4.74 Å². The summed E-state index contributed by atoms with van der Waals surface area (Å²) in [6.07, 6.45) is 0. The summed E-state index contributed by atoms with van der Waals surface area (Å²) < 4.78 is 5.56. The molecule has 1 amide bonds. The van der Waals surface area contributed by atoms with Crippen LogP contribution >= 0.6 is 27.3 Å². The molecule has 0 aliphatic carbocycles. The standard InChI is InChI=1S/C14H13BrN2O3S/c1-3-20-14(19)12-8(2)7-11(21-12)17-13(18)9-5-4-6-10(15)16-9/h4-7H,3H2,1-2H3,(H,17,18). The molecular formula is C14H13BrN2O3S. The number of nitrogens with zero attached hydrogens (tertiary/aromatic N) is 1. The Kier molecular flexibility index (Phi) is 5.08. The van der Waals surface area contributed by atoms with Crippen LogP contribution in [-0.2, 0) is 4.74 Å². The largest absolute Gasteiger partial charge is 0.462 e. The van der Waals surface area contributed by atoms with Crippen LogP contribution in [0.5, 0.6) is 0 Å². The van der Waals surface area contributed by atoms with E-state index in [0.29, 0.717) is 26.8 Å². The smallest absolute Gasteiger partial charge is 0.348 e. The van der Waals surface area contributed by atoms with Crippen molar-refractivity contribution in [3.8, 4) is 0 Å². The van der Waals surface area contributed by atoms with Crippen molar-refractivity contribution in [2.75, 3.05) is 11.9 Å². The number of aryl methyl sites for hydroxylation is 1. The number of thiophene rings is 1. The molecule has 0 aliphatic heterocycles. The molecule has 21 heavy (non-hydrogen) atoms. The molecule has 0 aromatic carbocycles. The third kappa shape index (κ3) is 3.89. The van der Waals surface area contributed by atoms with E-state index in [1.54, 1.807) is 38.1 Å². The number of hydrogen-bond donors (Lipinski definition) is 1. The second-order valence-corrected chi connectivity index (χ2v) is 6.01. The van der Waals surface area contributed by atoms with Crippen molar-refractivity contribution < 1.29 is 14.3 Å². The Morgan fingerprint density at radius 1 is 1.43 bits per heavy atom. The van der Waals surface area contributed by atoms with Crippen molar-refractivity contribution in [3.05, 3.63) is 45.0 Å². The molecule has 2 aromatic rings. The number of pyridine rings is 1. The SMILES string of the molecule is CCOC(=O)c1sc(NC(=O)c2cccc(Br)n2)cc1C. The van der Waals surface area contributed by atoms with Gasteiger partial charge in [-0.2, -0.15) is 0 Å². The molecule has 1 N–H and O–H groups in total. The summed E-state index contributed by atoms with van der Waals surface area (Å²) in [4.78, 5) is 28.4. The maximum absolute atomic E-state index is 12.1. The first kappa shape index (κ1) is 15.7. The molecule has 0 bridgehead atoms. The average Bonchev–Trinajstić information content (AvgIpc) is 2.80. The number of aromatic nitrogens is 1. The molecule has 0 spiro atoms. The highest BCUT2D eigenvalue weighted by molar-refractivity contribution is 9.10. The zero-order valence-corrected chi connectivity index (χ0v) is 13.9. The lowest BCUT2D eigenvalue weighted by atomic mass is 10.3. The second kappa shape index (κ2) is 6.82. The minimum Gasteiger partial charge on any atom is -0.462 e. The van der Waals surface area contributed by atoms with Crippen LogP contribution < -0.4 is 5.32 Å². The second-order valence-electron chi connectivity index (χ2n) is 4.14. The molecule has 0 aliphatic rings. The molecule has 0 unspecified atom stereocenters. The minimum atomic E-state index is -0.374. The number of amides is 1. The Labute approximate surface area is 134 Å². The number of hydrogen-bond acceptors (Lipinski definition) is 5. The van der Waals surface area contributed by atoms with Crippen molar-refractivity contribution in [1.82, 2.24) is 4.98 Å². The van der Waals surface area contributed by atoms with Gasteiger partial charge in [0.25, 0.3) is 5.91 Å². The van der Waals surface area contributed by atoms with Gasteiger partial charge in [-0.15, -0.1) is 11.3 Å². The van der Waals surface area contributed by atoms with Crippen LogP contribution in [0.15, 0.2) is 28.9 Å². The molecule has 0 fully saturated rings. The van der Waals surface area contributed by atoms with Gasteiger partial charge < -0.3 is 10.1 Å². The maximum Gasteiger partial charge on any atom is 0.348 e. The fourth-order valence-corrected chi connectivity index (χ4v) is 2.96. The van der Waals surface area contributed by atoms with Crippen molar-refractivity contribution in [2.45, 2.75) is 13.8 Å². The molecule has 0 saturated carbocycles. The lowest BCUT2D eigenvalue weighted by Gasteiger charge is -2.02. The number of ether oxygens (including phenoxy) is 1. The fraction of sp³-hybridized carbons (Fsp3) is 0.214. The first-order valence-electron chi connectivity index (χ1n) is 6.22. The van der Waals surface area contributed by atoms with E-state index >= 15 is 0 Å².